The number of hydrogen-bond donors (Lipinski definition) is 0. The number of carbonyl (C=O) groups is 1. The summed E-state index contributed by atoms with van der Waals surface area (Å²) < 4.78 is 10.8. The summed E-state index contributed by atoms with van der Waals surface area (Å²) in [4.78, 5) is 19.5. The van der Waals surface area contributed by atoms with E-state index in [4.69, 9.17) is 9.26 Å². The van der Waals surface area contributed by atoms with Crippen molar-refractivity contribution < 1.29 is 14.1 Å². The monoisotopic (exact) mass is 369 g/mol. The summed E-state index contributed by atoms with van der Waals surface area (Å²) in [6.07, 6.45) is 5.27. The number of fused-ring (bicyclic) bond motifs is 1. The third-order valence-corrected chi connectivity index (χ3v) is 6.24. The van der Waals surface area contributed by atoms with Crippen LogP contribution in [0.3, 0.4) is 0 Å². The average Bonchev–Trinajstić information content (AvgIpc) is 3.39. The Morgan fingerprint density at radius 1 is 1.41 bits per heavy atom. The molecule has 2 aromatic rings. The Morgan fingerprint density at radius 3 is 3.04 bits per heavy atom. The molecule has 1 aromatic carbocycles. The minimum Gasteiger partial charge on any atom is -0.496 e. The third-order valence-electron chi connectivity index (χ3n) is 6.24. The lowest BCUT2D eigenvalue weighted by Gasteiger charge is -2.24. The summed E-state index contributed by atoms with van der Waals surface area (Å²) in [6, 6.07) is 7.90. The number of methoxy groups -OCH3 is 1. The third kappa shape index (κ3) is 3.22. The summed E-state index contributed by atoms with van der Waals surface area (Å²) in [5.74, 6) is 2.98. The molecule has 2 fully saturated rings. The number of aromatic nitrogens is 2. The van der Waals surface area contributed by atoms with E-state index in [1.54, 1.807) is 7.11 Å². The lowest BCUT2D eigenvalue weighted by Crippen LogP contribution is -2.35. The van der Waals surface area contributed by atoms with Crippen LogP contribution in [0.4, 0.5) is 0 Å². The molecule has 2 atom stereocenters. The van der Waals surface area contributed by atoms with E-state index >= 15 is 0 Å². The molecule has 1 amide bonds. The molecule has 144 valence electrons. The van der Waals surface area contributed by atoms with E-state index in [0.717, 1.165) is 42.9 Å². The zero-order valence-electron chi connectivity index (χ0n) is 16.1. The van der Waals surface area contributed by atoms with Gasteiger partial charge in [0.15, 0.2) is 5.82 Å². The van der Waals surface area contributed by atoms with Crippen molar-refractivity contribution >= 4 is 5.91 Å². The summed E-state index contributed by atoms with van der Waals surface area (Å²) in [6.45, 7) is 3.54. The van der Waals surface area contributed by atoms with Crippen LogP contribution in [0.15, 0.2) is 28.8 Å². The second-order valence-corrected chi connectivity index (χ2v) is 7.70. The van der Waals surface area contributed by atoms with Crippen LogP contribution in [-0.2, 0) is 23.1 Å². The van der Waals surface area contributed by atoms with Crippen molar-refractivity contribution in [1.82, 2.24) is 15.0 Å². The largest absolute Gasteiger partial charge is 0.496 e. The van der Waals surface area contributed by atoms with Crippen LogP contribution in [0.1, 0.15) is 49.9 Å². The summed E-state index contributed by atoms with van der Waals surface area (Å²) in [7, 11) is 1.67. The quantitative estimate of drug-likeness (QED) is 0.782. The van der Waals surface area contributed by atoms with Gasteiger partial charge in [0.2, 0.25) is 11.8 Å². The molecule has 2 aliphatic rings. The maximum absolute atomic E-state index is 12.9. The zero-order valence-corrected chi connectivity index (χ0v) is 16.1. The number of carbonyl (C=O) groups excluding carboxylic acids is 1. The van der Waals surface area contributed by atoms with Gasteiger partial charge in [-0.2, -0.15) is 4.98 Å². The highest BCUT2D eigenvalue weighted by Crippen LogP contribution is 2.49. The van der Waals surface area contributed by atoms with Crippen LogP contribution < -0.4 is 4.74 Å². The van der Waals surface area contributed by atoms with Crippen molar-refractivity contribution in [3.05, 3.63) is 41.5 Å². The molecule has 1 aromatic heterocycles. The van der Waals surface area contributed by atoms with Gasteiger partial charge < -0.3 is 14.2 Å². The average molecular weight is 369 g/mol. The topological polar surface area (TPSA) is 68.5 Å². The second kappa shape index (κ2) is 7.33. The molecule has 1 aliphatic heterocycles. The number of para-hydroxylation sites is 1. The molecule has 4 rings (SSSR count). The highest BCUT2D eigenvalue weighted by Gasteiger charge is 2.54. The molecule has 6 nitrogen and oxygen atoms in total. The van der Waals surface area contributed by atoms with Crippen molar-refractivity contribution in [2.45, 2.75) is 50.9 Å². The number of ether oxygens (including phenoxy) is 1. The van der Waals surface area contributed by atoms with Gasteiger partial charge in [0.1, 0.15) is 5.75 Å². The van der Waals surface area contributed by atoms with E-state index in [9.17, 15) is 4.79 Å². The molecule has 1 saturated carbocycles. The number of rotatable bonds is 6. The molecule has 0 bridgehead atoms. The first-order valence-corrected chi connectivity index (χ1v) is 9.89. The fraction of sp³-hybridized carbons (Fsp3) is 0.571. The van der Waals surface area contributed by atoms with Gasteiger partial charge in [-0.05, 0) is 36.8 Å². The van der Waals surface area contributed by atoms with Gasteiger partial charge in [-0.3, -0.25) is 4.79 Å². The molecule has 1 aliphatic carbocycles. The normalized spacial score (nSPS) is 24.2. The molecule has 0 spiro atoms. The molecule has 0 radical (unpaired) electrons. The van der Waals surface area contributed by atoms with Crippen LogP contribution in [-0.4, -0.2) is 41.1 Å². The van der Waals surface area contributed by atoms with Gasteiger partial charge in [-0.1, -0.05) is 36.7 Å². The van der Waals surface area contributed by atoms with Gasteiger partial charge in [0.05, 0.1) is 12.5 Å². The van der Waals surface area contributed by atoms with Gasteiger partial charge in [-0.15, -0.1) is 0 Å². The van der Waals surface area contributed by atoms with E-state index in [0.29, 0.717) is 31.2 Å². The highest BCUT2D eigenvalue weighted by atomic mass is 16.5. The van der Waals surface area contributed by atoms with Crippen molar-refractivity contribution in [3.63, 3.8) is 0 Å². The lowest BCUT2D eigenvalue weighted by atomic mass is 9.80. The first-order chi connectivity index (χ1) is 13.2. The molecule has 2 heterocycles. The molecule has 0 N–H and O–H groups in total. The first-order valence-electron chi connectivity index (χ1n) is 9.89. The number of amides is 1. The Kier molecular flexibility index (Phi) is 4.89. The molecular formula is C21H27N3O3. The minimum atomic E-state index is -0.114. The first kappa shape index (κ1) is 18.0. The predicted octanol–water partition coefficient (Wildman–Crippen LogP) is 3.15. The zero-order chi connectivity index (χ0) is 18.9. The number of aryl methyl sites for hydroxylation is 2. The maximum Gasteiger partial charge on any atom is 0.226 e. The van der Waals surface area contributed by atoms with Crippen molar-refractivity contribution in [2.24, 2.45) is 5.92 Å². The van der Waals surface area contributed by atoms with E-state index in [1.165, 1.54) is 6.42 Å². The maximum atomic E-state index is 12.9. The van der Waals surface area contributed by atoms with Crippen molar-refractivity contribution in [2.75, 3.05) is 20.2 Å². The standard InChI is InChI=1S/C21H27N3O3/c1-3-18-22-20(23-27-18)21-12-6-8-16(21)13-24(14-21)19(25)11-10-15-7-4-5-9-17(15)26-2/h4-5,7,9,16H,3,6,8,10-14H2,1-2H3/t16-,21-/m1/s1. The summed E-state index contributed by atoms with van der Waals surface area (Å²) in [5.41, 5.74) is 0.963. The van der Waals surface area contributed by atoms with Crippen LogP contribution in [0.2, 0.25) is 0 Å². The number of hydrogen-bond acceptors (Lipinski definition) is 5. The Morgan fingerprint density at radius 2 is 2.26 bits per heavy atom. The molecular weight excluding hydrogens is 342 g/mol. The Hall–Kier alpha value is -2.37. The Labute approximate surface area is 159 Å². The summed E-state index contributed by atoms with van der Waals surface area (Å²) in [5, 5.41) is 4.27. The van der Waals surface area contributed by atoms with Gasteiger partial charge in [0.25, 0.3) is 0 Å². The SMILES string of the molecule is CCc1nc([C@@]23CCC[C@@H]2CN(C(=O)CCc2ccccc2OC)C3)no1. The smallest absolute Gasteiger partial charge is 0.226 e. The Bertz CT molecular complexity index is 819. The number of likely N-dealkylation sites (tertiary alicyclic amines) is 1. The van der Waals surface area contributed by atoms with Crippen molar-refractivity contribution in [1.29, 1.82) is 0 Å². The number of benzene rings is 1. The van der Waals surface area contributed by atoms with Crippen molar-refractivity contribution in [3.8, 4) is 5.75 Å². The van der Waals surface area contributed by atoms with Gasteiger partial charge in [-0.25, -0.2) is 0 Å². The van der Waals surface area contributed by atoms with Crippen LogP contribution in [0.25, 0.3) is 0 Å². The fourth-order valence-corrected chi connectivity index (χ4v) is 4.75. The number of nitrogens with zero attached hydrogens (tertiary/aromatic N) is 3. The molecule has 1 saturated heterocycles. The lowest BCUT2D eigenvalue weighted by molar-refractivity contribution is -0.130. The van der Waals surface area contributed by atoms with Gasteiger partial charge in [0, 0.05) is 25.9 Å². The van der Waals surface area contributed by atoms with Gasteiger partial charge >= 0.3 is 0 Å². The summed E-state index contributed by atoms with van der Waals surface area (Å²) >= 11 is 0. The van der Waals surface area contributed by atoms with E-state index in [1.807, 2.05) is 36.1 Å². The van der Waals surface area contributed by atoms with E-state index in [2.05, 4.69) is 10.1 Å². The van der Waals surface area contributed by atoms with Crippen LogP contribution in [0, 0.1) is 5.92 Å². The molecule has 27 heavy (non-hydrogen) atoms. The van der Waals surface area contributed by atoms with Crippen LogP contribution in [0.5, 0.6) is 5.75 Å². The van der Waals surface area contributed by atoms with E-state index in [-0.39, 0.29) is 11.3 Å². The minimum absolute atomic E-state index is 0.114. The van der Waals surface area contributed by atoms with Crippen LogP contribution >= 0.6 is 0 Å². The highest BCUT2D eigenvalue weighted by molar-refractivity contribution is 5.77. The molecule has 6 heteroatoms. The second-order valence-electron chi connectivity index (χ2n) is 7.70. The van der Waals surface area contributed by atoms with E-state index < -0.39 is 0 Å². The Balaban J connectivity index is 1.45. The fourth-order valence-electron chi connectivity index (χ4n) is 4.75. The predicted molar refractivity (Wildman–Crippen MR) is 101 cm³/mol. The molecule has 0 unspecified atom stereocenters.